The van der Waals surface area contributed by atoms with Crippen molar-refractivity contribution in [1.29, 1.82) is 0 Å². The maximum Gasteiger partial charge on any atom is 0.275 e. The van der Waals surface area contributed by atoms with E-state index in [9.17, 15) is 9.90 Å². The summed E-state index contributed by atoms with van der Waals surface area (Å²) in [4.78, 5) is 11.9. The zero-order chi connectivity index (χ0) is 17.8. The first kappa shape index (κ1) is 16.8. The largest absolute Gasteiger partial charge is 0.507 e. The summed E-state index contributed by atoms with van der Waals surface area (Å²) in [6.07, 6.45) is 1.39. The molecule has 5 nitrogen and oxygen atoms in total. The van der Waals surface area contributed by atoms with Crippen molar-refractivity contribution in [2.75, 3.05) is 0 Å². The number of para-hydroxylation sites is 1. The topological polar surface area (TPSA) is 74.8 Å². The van der Waals surface area contributed by atoms with Crippen LogP contribution in [0.25, 0.3) is 11.3 Å². The number of halogens is 1. The molecule has 0 bridgehead atoms. The summed E-state index contributed by atoms with van der Waals surface area (Å²) in [5.41, 5.74) is 4.43. The molecule has 0 unspecified atom stereocenters. The van der Waals surface area contributed by atoms with Gasteiger partial charge in [-0.2, -0.15) is 5.10 Å². The number of aryl methyl sites for hydroxylation is 1. The molecular weight excluding hydrogens is 340 g/mol. The van der Waals surface area contributed by atoms with Crippen molar-refractivity contribution in [2.45, 2.75) is 6.92 Å². The van der Waals surface area contributed by atoms with Gasteiger partial charge >= 0.3 is 0 Å². The monoisotopic (exact) mass is 354 g/mol. The highest BCUT2D eigenvalue weighted by Gasteiger charge is 2.10. The van der Waals surface area contributed by atoms with Crippen molar-refractivity contribution >= 4 is 23.7 Å². The molecule has 0 aliphatic carbocycles. The lowest BCUT2D eigenvalue weighted by Gasteiger charge is -2.03. The molecule has 3 aromatic rings. The Morgan fingerprint density at radius 3 is 2.80 bits per heavy atom. The molecule has 3 rings (SSSR count). The number of aromatic hydroxyl groups is 1. The Kier molecular flexibility index (Phi) is 4.86. The minimum absolute atomic E-state index is 0.105. The highest BCUT2D eigenvalue weighted by atomic mass is 35.5. The third kappa shape index (κ3) is 3.89. The summed E-state index contributed by atoms with van der Waals surface area (Å²) < 4.78 is 5.71. The predicted molar refractivity (Wildman–Crippen MR) is 97.1 cm³/mol. The summed E-state index contributed by atoms with van der Waals surface area (Å²) in [6.45, 7) is 1.97. The van der Waals surface area contributed by atoms with Crippen LogP contribution >= 0.6 is 11.6 Å². The van der Waals surface area contributed by atoms with E-state index in [1.165, 1.54) is 18.3 Å². The first-order chi connectivity index (χ1) is 12.0. The maximum absolute atomic E-state index is 11.9. The molecular formula is C19H15ClN2O3. The number of amides is 1. The third-order valence-corrected chi connectivity index (χ3v) is 3.83. The molecule has 1 heterocycles. The molecule has 1 aromatic heterocycles. The first-order valence-corrected chi connectivity index (χ1v) is 7.90. The highest BCUT2D eigenvalue weighted by molar-refractivity contribution is 6.30. The van der Waals surface area contributed by atoms with Crippen molar-refractivity contribution < 1.29 is 14.3 Å². The van der Waals surface area contributed by atoms with Crippen molar-refractivity contribution in [1.82, 2.24) is 5.43 Å². The zero-order valence-electron chi connectivity index (χ0n) is 13.4. The molecule has 0 radical (unpaired) electrons. The summed E-state index contributed by atoms with van der Waals surface area (Å²) in [7, 11) is 0. The SMILES string of the molecule is Cc1ccc(Cl)cc1-c1ccc(/C=N/NC(=O)c2ccccc2O)o1. The van der Waals surface area contributed by atoms with E-state index in [-0.39, 0.29) is 11.3 Å². The van der Waals surface area contributed by atoms with Crippen LogP contribution in [0, 0.1) is 6.92 Å². The van der Waals surface area contributed by atoms with Crippen LogP contribution in [0.15, 0.2) is 64.1 Å². The fourth-order valence-electron chi connectivity index (χ4n) is 2.31. The van der Waals surface area contributed by atoms with Gasteiger partial charge in [-0.05, 0) is 48.9 Å². The van der Waals surface area contributed by atoms with E-state index < -0.39 is 5.91 Å². The first-order valence-electron chi connectivity index (χ1n) is 7.52. The predicted octanol–water partition coefficient (Wildman–Crippen LogP) is 4.38. The lowest BCUT2D eigenvalue weighted by atomic mass is 10.1. The smallest absolute Gasteiger partial charge is 0.275 e. The number of carbonyl (C=O) groups is 1. The number of hydrazone groups is 1. The van der Waals surface area contributed by atoms with Gasteiger partial charge in [-0.1, -0.05) is 29.8 Å². The Labute approximate surface area is 149 Å². The van der Waals surface area contributed by atoms with Crippen LogP contribution in [0.3, 0.4) is 0 Å². The van der Waals surface area contributed by atoms with E-state index in [0.29, 0.717) is 16.5 Å². The summed E-state index contributed by atoms with van der Waals surface area (Å²) in [5.74, 6) is 0.527. The van der Waals surface area contributed by atoms with Crippen LogP contribution in [0.2, 0.25) is 5.02 Å². The standard InChI is InChI=1S/C19H15ClN2O3/c1-12-6-7-13(20)10-16(12)18-9-8-14(25-18)11-21-22-19(24)15-4-2-3-5-17(15)23/h2-11,23H,1H3,(H,22,24)/b21-11+. The molecule has 0 aliphatic heterocycles. The van der Waals surface area contributed by atoms with E-state index in [2.05, 4.69) is 10.5 Å². The van der Waals surface area contributed by atoms with Gasteiger partial charge in [0.15, 0.2) is 0 Å². The second kappa shape index (κ2) is 7.23. The van der Waals surface area contributed by atoms with Crippen LogP contribution in [-0.4, -0.2) is 17.2 Å². The van der Waals surface area contributed by atoms with Crippen molar-refractivity contribution in [2.24, 2.45) is 5.10 Å². The average molecular weight is 355 g/mol. The Hall–Kier alpha value is -3.05. The van der Waals surface area contributed by atoms with Gasteiger partial charge in [-0.15, -0.1) is 0 Å². The maximum atomic E-state index is 11.9. The Morgan fingerprint density at radius 2 is 2.00 bits per heavy atom. The highest BCUT2D eigenvalue weighted by Crippen LogP contribution is 2.27. The fraction of sp³-hybridized carbons (Fsp3) is 0.0526. The number of rotatable bonds is 4. The summed E-state index contributed by atoms with van der Waals surface area (Å²) in [5, 5.41) is 14.1. The Balaban J connectivity index is 1.71. The second-order valence-corrected chi connectivity index (χ2v) is 5.81. The van der Waals surface area contributed by atoms with E-state index in [0.717, 1.165) is 11.1 Å². The number of phenolic OH excluding ortho intramolecular Hbond substituents is 1. The van der Waals surface area contributed by atoms with Gasteiger partial charge in [0, 0.05) is 10.6 Å². The molecule has 2 N–H and O–H groups in total. The molecule has 1 amide bonds. The number of benzene rings is 2. The third-order valence-electron chi connectivity index (χ3n) is 3.60. The van der Waals surface area contributed by atoms with Crippen LogP contribution in [0.4, 0.5) is 0 Å². The average Bonchev–Trinajstić information content (AvgIpc) is 3.06. The molecule has 25 heavy (non-hydrogen) atoms. The van der Waals surface area contributed by atoms with Crippen molar-refractivity contribution in [3.63, 3.8) is 0 Å². The van der Waals surface area contributed by atoms with E-state index >= 15 is 0 Å². The van der Waals surface area contributed by atoms with E-state index in [1.54, 1.807) is 18.2 Å². The van der Waals surface area contributed by atoms with Gasteiger partial charge in [-0.3, -0.25) is 4.79 Å². The van der Waals surface area contributed by atoms with Gasteiger partial charge in [0.05, 0.1) is 11.8 Å². The molecule has 0 spiro atoms. The Morgan fingerprint density at radius 1 is 1.20 bits per heavy atom. The molecule has 126 valence electrons. The molecule has 6 heteroatoms. The summed E-state index contributed by atoms with van der Waals surface area (Å²) in [6, 6.07) is 15.4. The van der Waals surface area contributed by atoms with Gasteiger partial charge in [-0.25, -0.2) is 5.43 Å². The zero-order valence-corrected chi connectivity index (χ0v) is 14.1. The van der Waals surface area contributed by atoms with Crippen molar-refractivity contribution in [3.05, 3.63) is 76.5 Å². The summed E-state index contributed by atoms with van der Waals surface area (Å²) >= 11 is 6.03. The van der Waals surface area contributed by atoms with Gasteiger partial charge in [0.25, 0.3) is 5.91 Å². The molecule has 0 atom stereocenters. The Bertz CT molecular complexity index is 947. The number of phenols is 1. The van der Waals surface area contributed by atoms with Gasteiger partial charge < -0.3 is 9.52 Å². The minimum atomic E-state index is -0.508. The number of nitrogens with one attached hydrogen (secondary N) is 1. The normalized spacial score (nSPS) is 11.0. The number of hydrogen-bond acceptors (Lipinski definition) is 4. The van der Waals surface area contributed by atoms with E-state index in [4.69, 9.17) is 16.0 Å². The van der Waals surface area contributed by atoms with Gasteiger partial charge in [0.2, 0.25) is 0 Å². The fourth-order valence-corrected chi connectivity index (χ4v) is 2.48. The lowest BCUT2D eigenvalue weighted by molar-refractivity contribution is 0.0952. The number of carbonyl (C=O) groups excluding carboxylic acids is 1. The quantitative estimate of drug-likeness (QED) is 0.539. The number of hydrogen-bond donors (Lipinski definition) is 2. The molecule has 0 saturated heterocycles. The number of furan rings is 1. The lowest BCUT2D eigenvalue weighted by Crippen LogP contribution is -2.17. The molecule has 0 aliphatic rings. The molecule has 0 saturated carbocycles. The molecule has 0 fully saturated rings. The molecule has 2 aromatic carbocycles. The van der Waals surface area contributed by atoms with Crippen LogP contribution < -0.4 is 5.43 Å². The van der Waals surface area contributed by atoms with Crippen LogP contribution in [0.5, 0.6) is 5.75 Å². The second-order valence-electron chi connectivity index (χ2n) is 5.38. The van der Waals surface area contributed by atoms with Crippen molar-refractivity contribution in [3.8, 4) is 17.1 Å². The van der Waals surface area contributed by atoms with Gasteiger partial charge in [0.1, 0.15) is 17.3 Å². The van der Waals surface area contributed by atoms with Crippen LogP contribution in [-0.2, 0) is 0 Å². The van der Waals surface area contributed by atoms with E-state index in [1.807, 2.05) is 31.2 Å². The number of nitrogens with zero attached hydrogens (tertiary/aromatic N) is 1. The minimum Gasteiger partial charge on any atom is -0.507 e. The van der Waals surface area contributed by atoms with Crippen LogP contribution in [0.1, 0.15) is 21.7 Å².